The van der Waals surface area contributed by atoms with Gasteiger partial charge in [-0.1, -0.05) is 37.3 Å². The maximum absolute atomic E-state index is 12.8. The van der Waals surface area contributed by atoms with Gasteiger partial charge in [-0.3, -0.25) is 4.79 Å². The molecule has 132 valence electrons. The molecule has 2 saturated heterocycles. The second-order valence-electron chi connectivity index (χ2n) is 7.69. The van der Waals surface area contributed by atoms with Crippen LogP contribution < -0.4 is 5.32 Å². The Balaban J connectivity index is 1.50. The van der Waals surface area contributed by atoms with Crippen molar-refractivity contribution in [1.82, 2.24) is 10.2 Å². The Labute approximate surface area is 146 Å². The van der Waals surface area contributed by atoms with E-state index in [2.05, 4.69) is 47.5 Å². The third kappa shape index (κ3) is 4.60. The fourth-order valence-electron chi connectivity index (χ4n) is 4.39. The normalized spacial score (nSPS) is 24.4. The second-order valence-corrected chi connectivity index (χ2v) is 7.69. The van der Waals surface area contributed by atoms with Crippen molar-refractivity contribution in [1.29, 1.82) is 0 Å². The van der Waals surface area contributed by atoms with E-state index in [-0.39, 0.29) is 0 Å². The molecule has 3 nitrogen and oxygen atoms in total. The van der Waals surface area contributed by atoms with Crippen LogP contribution in [0.15, 0.2) is 30.3 Å². The van der Waals surface area contributed by atoms with Gasteiger partial charge < -0.3 is 10.2 Å². The van der Waals surface area contributed by atoms with Gasteiger partial charge in [0.2, 0.25) is 5.91 Å². The van der Waals surface area contributed by atoms with Gasteiger partial charge in [-0.2, -0.15) is 0 Å². The van der Waals surface area contributed by atoms with Crippen molar-refractivity contribution >= 4 is 5.91 Å². The predicted octanol–water partition coefficient (Wildman–Crippen LogP) is 3.81. The molecule has 0 aromatic heterocycles. The number of hydrogen-bond acceptors (Lipinski definition) is 2. The van der Waals surface area contributed by atoms with Gasteiger partial charge in [-0.05, 0) is 68.5 Å². The molecular weight excluding hydrogens is 296 g/mol. The lowest BCUT2D eigenvalue weighted by atomic mass is 9.84. The van der Waals surface area contributed by atoms with E-state index < -0.39 is 0 Å². The summed E-state index contributed by atoms with van der Waals surface area (Å²) in [5.74, 6) is 2.24. The lowest BCUT2D eigenvalue weighted by Gasteiger charge is -2.30. The van der Waals surface area contributed by atoms with Crippen molar-refractivity contribution < 1.29 is 4.79 Å². The molecule has 2 heterocycles. The van der Waals surface area contributed by atoms with Crippen LogP contribution >= 0.6 is 0 Å². The van der Waals surface area contributed by atoms with Crippen LogP contribution in [0, 0.1) is 11.8 Å². The SMILES string of the molecule is CC(CC(=O)N1CCCC(c2ccccc2)CC1)C1CCNCC1. The molecule has 24 heavy (non-hydrogen) atoms. The topological polar surface area (TPSA) is 32.3 Å². The number of nitrogens with one attached hydrogen (secondary N) is 1. The number of piperidine rings is 1. The number of amides is 1. The molecule has 0 spiro atoms. The van der Waals surface area contributed by atoms with Gasteiger partial charge in [-0.25, -0.2) is 0 Å². The summed E-state index contributed by atoms with van der Waals surface area (Å²) in [4.78, 5) is 14.9. The van der Waals surface area contributed by atoms with Crippen molar-refractivity contribution in [3.63, 3.8) is 0 Å². The molecule has 0 saturated carbocycles. The summed E-state index contributed by atoms with van der Waals surface area (Å²) < 4.78 is 0. The van der Waals surface area contributed by atoms with Crippen LogP contribution in [0.3, 0.4) is 0 Å². The highest BCUT2D eigenvalue weighted by Gasteiger charge is 2.26. The summed E-state index contributed by atoms with van der Waals surface area (Å²) in [5.41, 5.74) is 1.44. The Morgan fingerprint density at radius 3 is 2.62 bits per heavy atom. The maximum Gasteiger partial charge on any atom is 0.222 e. The van der Waals surface area contributed by atoms with E-state index in [4.69, 9.17) is 0 Å². The Morgan fingerprint density at radius 1 is 1.12 bits per heavy atom. The van der Waals surface area contributed by atoms with Gasteiger partial charge in [0.25, 0.3) is 0 Å². The fraction of sp³-hybridized carbons (Fsp3) is 0.667. The molecule has 2 fully saturated rings. The molecule has 2 aliphatic heterocycles. The maximum atomic E-state index is 12.8. The number of rotatable bonds is 4. The molecule has 3 heteroatoms. The molecule has 2 unspecified atom stereocenters. The molecule has 1 aromatic rings. The van der Waals surface area contributed by atoms with Gasteiger partial charge in [0, 0.05) is 19.5 Å². The molecule has 2 atom stereocenters. The Kier molecular flexibility index (Phi) is 6.30. The first-order valence-electron chi connectivity index (χ1n) is 9.77. The largest absolute Gasteiger partial charge is 0.343 e. The Bertz CT molecular complexity index is 510. The number of likely N-dealkylation sites (tertiary alicyclic amines) is 1. The molecule has 1 aromatic carbocycles. The monoisotopic (exact) mass is 328 g/mol. The fourth-order valence-corrected chi connectivity index (χ4v) is 4.39. The van der Waals surface area contributed by atoms with Crippen molar-refractivity contribution in [3.05, 3.63) is 35.9 Å². The van der Waals surface area contributed by atoms with Crippen molar-refractivity contribution in [2.75, 3.05) is 26.2 Å². The van der Waals surface area contributed by atoms with E-state index in [9.17, 15) is 4.79 Å². The van der Waals surface area contributed by atoms with Crippen molar-refractivity contribution in [2.24, 2.45) is 11.8 Å². The number of carbonyl (C=O) groups is 1. The third-order valence-electron chi connectivity index (χ3n) is 6.04. The molecule has 0 radical (unpaired) electrons. The summed E-state index contributed by atoms with van der Waals surface area (Å²) in [6.45, 7) is 6.38. The zero-order valence-corrected chi connectivity index (χ0v) is 15.0. The molecule has 1 N–H and O–H groups in total. The Hall–Kier alpha value is -1.35. The van der Waals surface area contributed by atoms with E-state index in [0.717, 1.165) is 51.4 Å². The van der Waals surface area contributed by atoms with Crippen LogP contribution in [0.5, 0.6) is 0 Å². The summed E-state index contributed by atoms with van der Waals surface area (Å²) in [6.07, 6.45) is 6.64. The molecule has 0 bridgehead atoms. The number of carbonyl (C=O) groups excluding carboxylic acids is 1. The van der Waals surface area contributed by atoms with Gasteiger partial charge in [0.05, 0.1) is 0 Å². The van der Waals surface area contributed by atoms with Gasteiger partial charge in [-0.15, -0.1) is 0 Å². The highest BCUT2D eigenvalue weighted by Crippen LogP contribution is 2.29. The van der Waals surface area contributed by atoms with Crippen LogP contribution in [-0.4, -0.2) is 37.0 Å². The predicted molar refractivity (Wildman–Crippen MR) is 99.0 cm³/mol. The number of hydrogen-bond donors (Lipinski definition) is 1. The van der Waals surface area contributed by atoms with E-state index in [1.165, 1.54) is 24.8 Å². The number of benzene rings is 1. The first-order chi connectivity index (χ1) is 11.7. The van der Waals surface area contributed by atoms with Crippen LogP contribution in [0.1, 0.15) is 56.9 Å². The minimum Gasteiger partial charge on any atom is -0.343 e. The highest BCUT2D eigenvalue weighted by atomic mass is 16.2. The minimum absolute atomic E-state index is 0.384. The minimum atomic E-state index is 0.384. The highest BCUT2D eigenvalue weighted by molar-refractivity contribution is 5.76. The zero-order valence-electron chi connectivity index (χ0n) is 15.0. The van der Waals surface area contributed by atoms with Crippen molar-refractivity contribution in [2.45, 2.75) is 51.4 Å². The quantitative estimate of drug-likeness (QED) is 0.911. The van der Waals surface area contributed by atoms with E-state index in [1.807, 2.05) is 0 Å². The lowest BCUT2D eigenvalue weighted by Crippen LogP contribution is -2.36. The molecule has 1 amide bonds. The van der Waals surface area contributed by atoms with Gasteiger partial charge >= 0.3 is 0 Å². The van der Waals surface area contributed by atoms with E-state index in [0.29, 0.717) is 17.7 Å². The van der Waals surface area contributed by atoms with Crippen LogP contribution in [0.25, 0.3) is 0 Å². The first kappa shape index (κ1) is 17.5. The molecule has 2 aliphatic rings. The zero-order chi connectivity index (χ0) is 16.8. The first-order valence-corrected chi connectivity index (χ1v) is 9.77. The number of nitrogens with zero attached hydrogens (tertiary/aromatic N) is 1. The smallest absolute Gasteiger partial charge is 0.222 e. The molecule has 3 rings (SSSR count). The summed E-state index contributed by atoms with van der Waals surface area (Å²) in [7, 11) is 0. The van der Waals surface area contributed by atoms with Gasteiger partial charge in [0.1, 0.15) is 0 Å². The standard InChI is InChI=1S/C21H32N2O/c1-17(18-9-12-22-13-10-18)16-21(24)23-14-5-8-20(11-15-23)19-6-3-2-4-7-19/h2-4,6-7,17-18,20,22H,5,8-16H2,1H3. The van der Waals surface area contributed by atoms with Gasteiger partial charge in [0.15, 0.2) is 0 Å². The third-order valence-corrected chi connectivity index (χ3v) is 6.04. The summed E-state index contributed by atoms with van der Waals surface area (Å²) >= 11 is 0. The lowest BCUT2D eigenvalue weighted by molar-refractivity contribution is -0.132. The van der Waals surface area contributed by atoms with E-state index in [1.54, 1.807) is 0 Å². The molecule has 0 aliphatic carbocycles. The summed E-state index contributed by atoms with van der Waals surface area (Å²) in [5, 5.41) is 3.42. The van der Waals surface area contributed by atoms with Crippen LogP contribution in [-0.2, 0) is 4.79 Å². The van der Waals surface area contributed by atoms with Crippen LogP contribution in [0.4, 0.5) is 0 Å². The average Bonchev–Trinajstić information content (AvgIpc) is 2.89. The van der Waals surface area contributed by atoms with Crippen LogP contribution in [0.2, 0.25) is 0 Å². The molecular formula is C21H32N2O. The Morgan fingerprint density at radius 2 is 1.88 bits per heavy atom. The van der Waals surface area contributed by atoms with E-state index >= 15 is 0 Å². The second kappa shape index (κ2) is 8.66. The average molecular weight is 329 g/mol. The summed E-state index contributed by atoms with van der Waals surface area (Å²) in [6, 6.07) is 10.8. The van der Waals surface area contributed by atoms with Crippen molar-refractivity contribution in [3.8, 4) is 0 Å².